The molecule has 0 bridgehead atoms. The van der Waals surface area contributed by atoms with Crippen LogP contribution >= 0.6 is 0 Å². The van der Waals surface area contributed by atoms with Crippen molar-refractivity contribution >= 4 is 11.7 Å². The molecule has 7 heteroatoms. The Labute approximate surface area is 201 Å². The number of hydrogen-bond donors (Lipinski definition) is 1. The van der Waals surface area contributed by atoms with Crippen LogP contribution in [-0.2, 0) is 20.9 Å². The van der Waals surface area contributed by atoms with Gasteiger partial charge >= 0.3 is 5.97 Å². The number of nitrogens with zero attached hydrogens (tertiary/aromatic N) is 1. The number of aliphatic carboxylic acids is 1. The molecule has 34 heavy (non-hydrogen) atoms. The number of carboxylic acid groups (broad SMARTS) is 1. The fraction of sp³-hybridized carbons (Fsp3) is 0.519. The van der Waals surface area contributed by atoms with Gasteiger partial charge in [-0.3, -0.25) is 4.79 Å². The second kappa shape index (κ2) is 11.6. The molecule has 2 aromatic rings. The number of carbonyl (C=O) groups is 1. The van der Waals surface area contributed by atoms with E-state index in [9.17, 15) is 9.90 Å². The highest BCUT2D eigenvalue weighted by Gasteiger charge is 2.35. The lowest BCUT2D eigenvalue weighted by molar-refractivity contribution is -0.144. The van der Waals surface area contributed by atoms with E-state index in [1.807, 2.05) is 30.3 Å². The number of benzene rings is 2. The monoisotopic (exact) mass is 469 g/mol. The minimum absolute atomic E-state index is 0.0333. The first-order chi connectivity index (χ1) is 16.6. The van der Waals surface area contributed by atoms with Crippen molar-refractivity contribution in [3.05, 3.63) is 53.6 Å². The van der Waals surface area contributed by atoms with E-state index < -0.39 is 5.97 Å². The molecule has 184 valence electrons. The third kappa shape index (κ3) is 5.83. The molecule has 1 saturated carbocycles. The Hall–Kier alpha value is -2.77. The number of hydrogen-bond acceptors (Lipinski definition) is 6. The maximum atomic E-state index is 11.7. The minimum Gasteiger partial charge on any atom is -0.497 e. The Morgan fingerprint density at radius 1 is 1.15 bits per heavy atom. The summed E-state index contributed by atoms with van der Waals surface area (Å²) in [4.78, 5) is 14.0. The van der Waals surface area contributed by atoms with E-state index in [1.54, 1.807) is 14.2 Å². The Bertz CT molecular complexity index is 947. The van der Waals surface area contributed by atoms with Gasteiger partial charge in [0.25, 0.3) is 0 Å². The second-order valence-electron chi connectivity index (χ2n) is 9.06. The molecule has 1 heterocycles. The maximum Gasteiger partial charge on any atom is 0.306 e. The van der Waals surface area contributed by atoms with Gasteiger partial charge in [0.1, 0.15) is 18.1 Å². The number of ether oxygens (including phenoxy) is 4. The number of fused-ring (bicyclic) bond motifs is 1. The van der Waals surface area contributed by atoms with Crippen LogP contribution in [0.3, 0.4) is 0 Å². The van der Waals surface area contributed by atoms with Gasteiger partial charge in [-0.2, -0.15) is 0 Å². The van der Waals surface area contributed by atoms with Crippen molar-refractivity contribution < 1.29 is 28.8 Å². The summed E-state index contributed by atoms with van der Waals surface area (Å²) in [6, 6.07) is 14.2. The molecule has 1 aliphatic heterocycles. The van der Waals surface area contributed by atoms with E-state index >= 15 is 0 Å². The van der Waals surface area contributed by atoms with Crippen LogP contribution in [0.15, 0.2) is 42.5 Å². The van der Waals surface area contributed by atoms with E-state index in [4.69, 9.17) is 18.9 Å². The van der Waals surface area contributed by atoms with Gasteiger partial charge in [0.2, 0.25) is 0 Å². The molecule has 0 unspecified atom stereocenters. The van der Waals surface area contributed by atoms with Crippen LogP contribution in [0.25, 0.3) is 0 Å². The molecule has 1 fully saturated rings. The predicted octanol–water partition coefficient (Wildman–Crippen LogP) is 4.48. The van der Waals surface area contributed by atoms with Crippen molar-refractivity contribution in [2.75, 3.05) is 45.4 Å². The Balaban J connectivity index is 1.46. The van der Waals surface area contributed by atoms with Gasteiger partial charge in [0, 0.05) is 26.2 Å². The average Bonchev–Trinajstić information content (AvgIpc) is 2.87. The molecule has 2 aromatic carbocycles. The topological polar surface area (TPSA) is 77.5 Å². The zero-order valence-electron chi connectivity index (χ0n) is 20.1. The molecule has 0 saturated heterocycles. The lowest BCUT2D eigenvalue weighted by Crippen LogP contribution is -2.34. The van der Waals surface area contributed by atoms with E-state index in [0.29, 0.717) is 26.1 Å². The molecular weight excluding hydrogens is 434 g/mol. The minimum atomic E-state index is -0.722. The summed E-state index contributed by atoms with van der Waals surface area (Å²) in [5.41, 5.74) is 3.29. The van der Waals surface area contributed by atoms with E-state index in [2.05, 4.69) is 17.0 Å². The van der Waals surface area contributed by atoms with Crippen molar-refractivity contribution in [1.82, 2.24) is 0 Å². The van der Waals surface area contributed by atoms with E-state index in [-0.39, 0.29) is 17.9 Å². The van der Waals surface area contributed by atoms with Gasteiger partial charge in [-0.1, -0.05) is 18.2 Å². The molecule has 1 aliphatic carbocycles. The molecule has 0 amide bonds. The van der Waals surface area contributed by atoms with Crippen LogP contribution in [0.2, 0.25) is 0 Å². The van der Waals surface area contributed by atoms with Crippen LogP contribution in [0, 0.1) is 5.92 Å². The molecule has 0 aromatic heterocycles. The predicted molar refractivity (Wildman–Crippen MR) is 130 cm³/mol. The summed E-state index contributed by atoms with van der Waals surface area (Å²) < 4.78 is 22.8. The van der Waals surface area contributed by atoms with Gasteiger partial charge < -0.3 is 29.0 Å². The normalized spacial score (nSPS) is 22.1. The third-order valence-electron chi connectivity index (χ3n) is 6.90. The first kappa shape index (κ1) is 24.4. The molecule has 4 rings (SSSR count). The van der Waals surface area contributed by atoms with Gasteiger partial charge in [-0.05, 0) is 61.1 Å². The Morgan fingerprint density at radius 2 is 1.97 bits per heavy atom. The van der Waals surface area contributed by atoms with E-state index in [1.165, 1.54) is 0 Å². The molecule has 3 atom stereocenters. The van der Waals surface area contributed by atoms with Crippen molar-refractivity contribution in [1.29, 1.82) is 0 Å². The molecule has 0 spiro atoms. The molecule has 2 aliphatic rings. The third-order valence-corrected chi connectivity index (χ3v) is 6.90. The first-order valence-electron chi connectivity index (χ1n) is 12.1. The number of anilines is 1. The van der Waals surface area contributed by atoms with Gasteiger partial charge in [0.15, 0.2) is 0 Å². The highest BCUT2D eigenvalue weighted by atomic mass is 16.5. The van der Waals surface area contributed by atoms with Gasteiger partial charge in [0.05, 0.1) is 38.0 Å². The smallest absolute Gasteiger partial charge is 0.306 e. The van der Waals surface area contributed by atoms with Crippen LogP contribution in [0.1, 0.15) is 42.7 Å². The molecule has 7 nitrogen and oxygen atoms in total. The zero-order valence-corrected chi connectivity index (χ0v) is 20.1. The van der Waals surface area contributed by atoms with Gasteiger partial charge in [-0.25, -0.2) is 0 Å². The van der Waals surface area contributed by atoms with Crippen LogP contribution in [0.4, 0.5) is 5.69 Å². The van der Waals surface area contributed by atoms with Crippen molar-refractivity contribution in [3.8, 4) is 11.5 Å². The highest BCUT2D eigenvalue weighted by Crippen LogP contribution is 2.40. The number of methoxy groups -OCH3 is 2. The summed E-state index contributed by atoms with van der Waals surface area (Å²) in [6.07, 6.45) is 2.88. The lowest BCUT2D eigenvalue weighted by atomic mass is 9.76. The Kier molecular flexibility index (Phi) is 8.29. The number of rotatable bonds is 10. The highest BCUT2D eigenvalue weighted by molar-refractivity contribution is 5.70. The average molecular weight is 470 g/mol. The van der Waals surface area contributed by atoms with Crippen molar-refractivity contribution in [3.63, 3.8) is 0 Å². The van der Waals surface area contributed by atoms with E-state index in [0.717, 1.165) is 60.9 Å². The summed E-state index contributed by atoms with van der Waals surface area (Å²) >= 11 is 0. The largest absolute Gasteiger partial charge is 0.497 e. The lowest BCUT2D eigenvalue weighted by Gasteiger charge is -2.35. The Morgan fingerprint density at radius 3 is 2.71 bits per heavy atom. The quantitative estimate of drug-likeness (QED) is 0.514. The SMILES string of the molecule is COCCCN1CCOc2ccc(CO[C@H]3CC[C@@H](C(=O)O)C[C@@H]3c3ccc(OC)cc3)cc21. The molecule has 0 radical (unpaired) electrons. The summed E-state index contributed by atoms with van der Waals surface area (Å²) in [7, 11) is 3.37. The number of carboxylic acids is 1. The first-order valence-corrected chi connectivity index (χ1v) is 12.1. The van der Waals surface area contributed by atoms with Crippen LogP contribution < -0.4 is 14.4 Å². The van der Waals surface area contributed by atoms with Crippen LogP contribution in [0.5, 0.6) is 11.5 Å². The molecular formula is C27H35NO6. The summed E-state index contributed by atoms with van der Waals surface area (Å²) in [5, 5.41) is 9.61. The van der Waals surface area contributed by atoms with Gasteiger partial charge in [-0.15, -0.1) is 0 Å². The fourth-order valence-corrected chi connectivity index (χ4v) is 5.01. The zero-order chi connectivity index (χ0) is 23.9. The fourth-order valence-electron chi connectivity index (χ4n) is 5.01. The molecule has 1 N–H and O–H groups in total. The maximum absolute atomic E-state index is 11.7. The summed E-state index contributed by atoms with van der Waals surface area (Å²) in [6.45, 7) is 3.69. The standard InChI is InChI=1S/C27H35NO6/c1-31-14-3-12-28-13-15-33-26-10-4-19(16-24(26)28)18-34-25-11-7-21(27(29)30)17-23(25)20-5-8-22(32-2)9-6-20/h4-6,8-10,16,21,23,25H,3,7,11-15,17-18H2,1-2H3,(H,29,30)/t21-,23-,25+/m1/s1. The van der Waals surface area contributed by atoms with Crippen molar-refractivity contribution in [2.45, 2.75) is 44.3 Å². The summed E-state index contributed by atoms with van der Waals surface area (Å²) in [5.74, 6) is 0.671. The van der Waals surface area contributed by atoms with Crippen LogP contribution in [-0.4, -0.2) is 57.7 Å². The second-order valence-corrected chi connectivity index (χ2v) is 9.06. The van der Waals surface area contributed by atoms with Crippen molar-refractivity contribution in [2.24, 2.45) is 5.92 Å².